The molecule has 0 aromatic heterocycles. The number of urea groups is 1. The molecule has 1 aromatic carbocycles. The van der Waals surface area contributed by atoms with Gasteiger partial charge >= 0.3 is 12.4 Å². The van der Waals surface area contributed by atoms with E-state index >= 15 is 0 Å². The summed E-state index contributed by atoms with van der Waals surface area (Å²) < 4.78 is 41.0. The lowest BCUT2D eigenvalue weighted by atomic mass is 10.0. The summed E-state index contributed by atoms with van der Waals surface area (Å²) in [6.45, 7) is 0.0647. The Balaban J connectivity index is 1.59. The number of hydrogen-bond donors (Lipinski definition) is 4. The number of aliphatic hydroxyl groups is 2. The highest BCUT2D eigenvalue weighted by molar-refractivity contribution is 6.00. The number of hydrogen-bond acceptors (Lipinski definition) is 6. The van der Waals surface area contributed by atoms with E-state index in [-0.39, 0.29) is 35.8 Å². The minimum atomic E-state index is -4.87. The number of halogens is 3. The van der Waals surface area contributed by atoms with Crippen molar-refractivity contribution in [1.82, 2.24) is 15.1 Å². The molecule has 1 aromatic rings. The van der Waals surface area contributed by atoms with E-state index in [9.17, 15) is 27.9 Å². The van der Waals surface area contributed by atoms with Crippen molar-refractivity contribution in [3.05, 3.63) is 35.9 Å². The number of piperidine rings is 1. The van der Waals surface area contributed by atoms with Crippen LogP contribution in [-0.2, 0) is 4.79 Å². The molecule has 3 amide bonds. The van der Waals surface area contributed by atoms with E-state index in [1.165, 1.54) is 17.0 Å². The fourth-order valence-corrected chi connectivity index (χ4v) is 3.90. The summed E-state index contributed by atoms with van der Waals surface area (Å²) in [5.41, 5.74) is -0.141. The molecule has 1 heterocycles. The highest BCUT2D eigenvalue weighted by Gasteiger charge is 2.39. The van der Waals surface area contributed by atoms with Crippen LogP contribution in [0.1, 0.15) is 31.2 Å². The number of benzene rings is 1. The molecule has 1 saturated heterocycles. The first-order valence-corrected chi connectivity index (χ1v) is 10.9. The monoisotopic (exact) mass is 484 g/mol. The fraction of sp³-hybridized carbons (Fsp3) is 0.500. The Hall–Kier alpha value is -3.28. The van der Waals surface area contributed by atoms with Crippen molar-refractivity contribution >= 4 is 23.4 Å². The summed E-state index contributed by atoms with van der Waals surface area (Å²) in [5, 5.41) is 30.0. The molecule has 34 heavy (non-hydrogen) atoms. The molecule has 0 spiro atoms. The van der Waals surface area contributed by atoms with Crippen molar-refractivity contribution in [2.75, 3.05) is 26.2 Å². The van der Waals surface area contributed by atoms with Gasteiger partial charge in [-0.2, -0.15) is 0 Å². The largest absolute Gasteiger partial charge is 0.573 e. The van der Waals surface area contributed by atoms with Crippen LogP contribution in [0, 0.1) is 5.41 Å². The van der Waals surface area contributed by atoms with Crippen LogP contribution in [0.2, 0.25) is 0 Å². The third kappa shape index (κ3) is 7.11. The molecule has 3 rings (SSSR count). The smallest absolute Gasteiger partial charge is 0.507 e. The highest BCUT2D eigenvalue weighted by Crippen LogP contribution is 2.31. The molecule has 2 aliphatic rings. The molecule has 12 heteroatoms. The van der Waals surface area contributed by atoms with Crippen LogP contribution in [0.5, 0.6) is 5.75 Å². The zero-order valence-corrected chi connectivity index (χ0v) is 18.3. The molecule has 1 aliphatic carbocycles. The summed E-state index contributed by atoms with van der Waals surface area (Å²) in [4.78, 5) is 27.9. The third-order valence-electron chi connectivity index (χ3n) is 5.56. The van der Waals surface area contributed by atoms with Crippen LogP contribution >= 0.6 is 0 Å². The average Bonchev–Trinajstić information content (AvgIpc) is 3.61. The van der Waals surface area contributed by atoms with Gasteiger partial charge in [0.2, 0.25) is 5.91 Å². The third-order valence-corrected chi connectivity index (χ3v) is 5.56. The maximum atomic E-state index is 12.9. The zero-order valence-electron chi connectivity index (χ0n) is 18.3. The molecule has 0 radical (unpaired) electrons. The minimum absolute atomic E-state index is 0.0216. The molecular formula is C22H27F3N4O5. The lowest BCUT2D eigenvalue weighted by Crippen LogP contribution is -2.55. The number of nitrogens with one attached hydrogen (secondary N) is 2. The van der Waals surface area contributed by atoms with Crippen molar-refractivity contribution in [2.45, 2.75) is 44.1 Å². The Bertz CT molecular complexity index is 949. The van der Waals surface area contributed by atoms with E-state index in [4.69, 9.17) is 10.5 Å². The van der Waals surface area contributed by atoms with Crippen molar-refractivity contribution in [3.8, 4) is 5.75 Å². The van der Waals surface area contributed by atoms with Gasteiger partial charge in [-0.05, 0) is 37.8 Å². The van der Waals surface area contributed by atoms with Crippen LogP contribution in [0.3, 0.4) is 0 Å². The van der Waals surface area contributed by atoms with Gasteiger partial charge in [0.25, 0.3) is 0 Å². The number of likely N-dealkylation sites (tertiary alicyclic amines) is 1. The number of nitrogens with zero attached hydrogens (tertiary/aromatic N) is 2. The summed E-state index contributed by atoms with van der Waals surface area (Å²) in [6.07, 6.45) is -0.734. The second-order valence-electron chi connectivity index (χ2n) is 8.22. The summed E-state index contributed by atoms with van der Waals surface area (Å²) >= 11 is 0. The van der Waals surface area contributed by atoms with Crippen molar-refractivity contribution in [1.29, 1.82) is 5.41 Å². The SMILES string of the molecule is N=C(/C=C(\O)c1cccc(OC(F)(F)F)c1)CNC(=O)N(C1CC1)[C@@H]1CCCN(C(=O)CO)C1. The second-order valence-corrected chi connectivity index (χ2v) is 8.22. The van der Waals surface area contributed by atoms with E-state index in [0.29, 0.717) is 25.9 Å². The molecule has 1 saturated carbocycles. The van der Waals surface area contributed by atoms with E-state index in [1.807, 2.05) is 0 Å². The topological polar surface area (TPSA) is 126 Å². The maximum absolute atomic E-state index is 12.9. The van der Waals surface area contributed by atoms with Gasteiger partial charge < -0.3 is 35.5 Å². The lowest BCUT2D eigenvalue weighted by Gasteiger charge is -2.39. The van der Waals surface area contributed by atoms with E-state index in [1.54, 1.807) is 4.90 Å². The number of rotatable bonds is 8. The average molecular weight is 484 g/mol. The van der Waals surface area contributed by atoms with Gasteiger partial charge in [-0.25, -0.2) is 4.79 Å². The standard InChI is InChI=1S/C22H27F3N4O5/c23-22(24,25)34-18-5-1-3-14(9-18)19(31)10-15(26)11-27-21(33)29(16-6-7-16)17-4-2-8-28(12-17)20(32)13-30/h1,3,5,9-10,16-17,26,30-31H,2,4,6-8,11-13H2,(H,27,33)/b19-10-,26-15?/t17-/m1/s1. The van der Waals surface area contributed by atoms with Gasteiger partial charge in [0.15, 0.2) is 0 Å². The minimum Gasteiger partial charge on any atom is -0.507 e. The van der Waals surface area contributed by atoms with Gasteiger partial charge in [-0.15, -0.1) is 13.2 Å². The van der Waals surface area contributed by atoms with E-state index in [0.717, 1.165) is 31.1 Å². The van der Waals surface area contributed by atoms with Crippen LogP contribution in [-0.4, -0.2) is 82.4 Å². The zero-order chi connectivity index (χ0) is 24.9. The normalized spacial score (nSPS) is 18.9. The maximum Gasteiger partial charge on any atom is 0.573 e. The van der Waals surface area contributed by atoms with Gasteiger partial charge in [0, 0.05) is 30.8 Å². The van der Waals surface area contributed by atoms with Crippen molar-refractivity contribution in [3.63, 3.8) is 0 Å². The Morgan fingerprint density at radius 2 is 2.00 bits per heavy atom. The first-order chi connectivity index (χ1) is 16.1. The highest BCUT2D eigenvalue weighted by atomic mass is 19.4. The Morgan fingerprint density at radius 3 is 2.65 bits per heavy atom. The van der Waals surface area contributed by atoms with Gasteiger partial charge in [0.1, 0.15) is 18.1 Å². The molecule has 4 N–H and O–H groups in total. The number of amides is 3. The van der Waals surface area contributed by atoms with E-state index in [2.05, 4.69) is 10.1 Å². The summed E-state index contributed by atoms with van der Waals surface area (Å²) in [7, 11) is 0. The molecule has 1 aliphatic heterocycles. The molecular weight excluding hydrogens is 457 g/mol. The predicted octanol–water partition coefficient (Wildman–Crippen LogP) is 2.66. The fourth-order valence-electron chi connectivity index (χ4n) is 3.90. The van der Waals surface area contributed by atoms with Gasteiger partial charge in [-0.1, -0.05) is 12.1 Å². The first kappa shape index (κ1) is 25.3. The van der Waals surface area contributed by atoms with Crippen LogP contribution < -0.4 is 10.1 Å². The second kappa shape index (κ2) is 10.8. The quantitative estimate of drug-likeness (QED) is 0.333. The van der Waals surface area contributed by atoms with Gasteiger partial charge in [0.05, 0.1) is 18.3 Å². The molecule has 2 fully saturated rings. The Labute approximate surface area is 194 Å². The van der Waals surface area contributed by atoms with Gasteiger partial charge in [-0.3, -0.25) is 4.79 Å². The van der Waals surface area contributed by atoms with E-state index < -0.39 is 30.5 Å². The Kier molecular flexibility index (Phi) is 8.02. The molecule has 1 atom stereocenters. The van der Waals surface area contributed by atoms with Crippen LogP contribution in [0.4, 0.5) is 18.0 Å². The molecule has 9 nitrogen and oxygen atoms in total. The Morgan fingerprint density at radius 1 is 1.26 bits per heavy atom. The van der Waals surface area contributed by atoms with Crippen LogP contribution in [0.25, 0.3) is 5.76 Å². The van der Waals surface area contributed by atoms with Crippen molar-refractivity contribution < 1.29 is 37.7 Å². The number of aliphatic hydroxyl groups excluding tert-OH is 2. The number of carbonyl (C=O) groups excluding carboxylic acids is 2. The molecule has 0 unspecified atom stereocenters. The van der Waals surface area contributed by atoms with Crippen LogP contribution in [0.15, 0.2) is 30.3 Å². The summed E-state index contributed by atoms with van der Waals surface area (Å²) in [6, 6.07) is 4.15. The van der Waals surface area contributed by atoms with Crippen molar-refractivity contribution in [2.24, 2.45) is 0 Å². The first-order valence-electron chi connectivity index (χ1n) is 10.9. The molecule has 186 valence electrons. The number of carbonyl (C=O) groups is 2. The predicted molar refractivity (Wildman–Crippen MR) is 116 cm³/mol. The number of alkyl halides is 3. The number of ether oxygens (including phenoxy) is 1. The lowest BCUT2D eigenvalue weighted by molar-refractivity contribution is -0.274. The summed E-state index contributed by atoms with van der Waals surface area (Å²) in [5.74, 6) is -1.34. The molecule has 0 bridgehead atoms.